The Hall–Kier alpha value is -3.47. The molecule has 0 radical (unpaired) electrons. The number of aliphatic hydroxyl groups is 1. The number of ether oxygens (including phenoxy) is 1. The van der Waals surface area contributed by atoms with Gasteiger partial charge in [-0.2, -0.15) is 4.31 Å². The smallest absolute Gasteiger partial charge is 0.267 e. The second kappa shape index (κ2) is 12.0. The van der Waals surface area contributed by atoms with Gasteiger partial charge >= 0.3 is 0 Å². The summed E-state index contributed by atoms with van der Waals surface area (Å²) < 4.78 is 69.2. The van der Waals surface area contributed by atoms with Crippen molar-refractivity contribution in [2.45, 2.75) is 56.2 Å². The number of benzene rings is 1. The molecule has 14 nitrogen and oxygen atoms in total. The van der Waals surface area contributed by atoms with E-state index in [1.54, 1.807) is 20.0 Å². The number of fused-ring (bicyclic) bond motifs is 1. The summed E-state index contributed by atoms with van der Waals surface area (Å²) in [6, 6.07) is 4.04. The average molecular weight is 625 g/mol. The predicted octanol–water partition coefficient (Wildman–Crippen LogP) is 1.30. The van der Waals surface area contributed by atoms with Crippen LogP contribution in [0.5, 0.6) is 5.75 Å². The highest BCUT2D eigenvalue weighted by Gasteiger charge is 2.34. The maximum atomic E-state index is 13.5. The van der Waals surface area contributed by atoms with E-state index >= 15 is 0 Å². The summed E-state index contributed by atoms with van der Waals surface area (Å²) in [4.78, 5) is 18.9. The fourth-order valence-corrected chi connectivity index (χ4v) is 7.33. The first-order valence-electron chi connectivity index (χ1n) is 13.2. The van der Waals surface area contributed by atoms with Gasteiger partial charge < -0.3 is 23.8 Å². The number of sulfonamides is 2. The third kappa shape index (κ3) is 6.45. The van der Waals surface area contributed by atoms with Gasteiger partial charge in [-0.15, -0.1) is 0 Å². The zero-order valence-corrected chi connectivity index (χ0v) is 25.9. The first-order chi connectivity index (χ1) is 19.6. The van der Waals surface area contributed by atoms with Crippen LogP contribution in [-0.4, -0.2) is 90.7 Å². The number of aryl methyl sites for hydroxylation is 3. The Labute approximate surface area is 245 Å². The molecule has 2 N–H and O–H groups in total. The van der Waals surface area contributed by atoms with Gasteiger partial charge in [0.1, 0.15) is 17.5 Å². The number of hydrogen-bond acceptors (Lipinski definition) is 10. The van der Waals surface area contributed by atoms with E-state index in [-0.39, 0.29) is 65.0 Å². The van der Waals surface area contributed by atoms with E-state index in [1.165, 1.54) is 55.0 Å². The van der Waals surface area contributed by atoms with Gasteiger partial charge in [0, 0.05) is 44.0 Å². The van der Waals surface area contributed by atoms with Gasteiger partial charge in [0.2, 0.25) is 5.91 Å². The third-order valence-corrected chi connectivity index (χ3v) is 10.5. The number of nitrogens with one attached hydrogen (secondary N) is 1. The van der Waals surface area contributed by atoms with Gasteiger partial charge in [-0.3, -0.25) is 9.52 Å². The molecule has 4 rings (SSSR count). The number of aliphatic hydroxyl groups excluding tert-OH is 1. The average Bonchev–Trinajstić information content (AvgIpc) is 3.52. The van der Waals surface area contributed by atoms with E-state index in [9.17, 15) is 26.7 Å². The van der Waals surface area contributed by atoms with Crippen molar-refractivity contribution in [1.29, 1.82) is 0 Å². The predicted molar refractivity (Wildman–Crippen MR) is 152 cm³/mol. The van der Waals surface area contributed by atoms with Crippen LogP contribution >= 0.6 is 0 Å². The lowest BCUT2D eigenvalue weighted by atomic mass is 10.0. The molecule has 0 saturated heterocycles. The van der Waals surface area contributed by atoms with Crippen LogP contribution in [0.3, 0.4) is 0 Å². The number of imidazole rings is 1. The quantitative estimate of drug-likeness (QED) is 0.353. The van der Waals surface area contributed by atoms with Crippen LogP contribution in [0, 0.1) is 19.8 Å². The number of aromatic nitrogens is 3. The molecule has 1 amide bonds. The maximum Gasteiger partial charge on any atom is 0.267 e. The van der Waals surface area contributed by atoms with Gasteiger partial charge in [0.25, 0.3) is 20.0 Å². The van der Waals surface area contributed by atoms with Crippen molar-refractivity contribution in [2.24, 2.45) is 13.0 Å². The zero-order valence-electron chi connectivity index (χ0n) is 24.3. The summed E-state index contributed by atoms with van der Waals surface area (Å²) in [5.41, 5.74) is 0.783. The number of carbonyl (C=O) groups excluding carboxylic acids is 1. The maximum absolute atomic E-state index is 13.5. The largest absolute Gasteiger partial charge is 0.488 e. The van der Waals surface area contributed by atoms with E-state index in [0.29, 0.717) is 11.3 Å². The van der Waals surface area contributed by atoms with Gasteiger partial charge in [-0.05, 0) is 39.0 Å². The molecule has 0 spiro atoms. The Bertz CT molecular complexity index is 1650. The standard InChI is InChI=1S/C26H36N6O8S2/c1-16-11-32(17(2)14-33)25(34)10-20-9-21(29-41(35,36)26-18(3)28-40-19(26)4)7-8-22(20)39-23(16)12-31(6)42(37,38)24-13-30(5)15-27-24/h7-9,13,15-17,23,29,33H,10-12,14H2,1-6H3/t16-,17+,23+/m1/s1. The van der Waals surface area contributed by atoms with Crippen LogP contribution < -0.4 is 9.46 Å². The summed E-state index contributed by atoms with van der Waals surface area (Å²) in [5, 5.41) is 13.5. The first kappa shape index (κ1) is 31.5. The summed E-state index contributed by atoms with van der Waals surface area (Å²) in [5.74, 6) is -0.207. The fraction of sp³-hybridized carbons (Fsp3) is 0.500. The highest BCUT2D eigenvalue weighted by molar-refractivity contribution is 7.92. The summed E-state index contributed by atoms with van der Waals surface area (Å²) in [7, 11) is -4.89. The van der Waals surface area contributed by atoms with E-state index in [4.69, 9.17) is 9.26 Å². The minimum atomic E-state index is -4.06. The monoisotopic (exact) mass is 624 g/mol. The van der Waals surface area contributed by atoms with E-state index in [2.05, 4.69) is 14.9 Å². The first-order valence-corrected chi connectivity index (χ1v) is 16.2. The molecule has 0 aliphatic carbocycles. The summed E-state index contributed by atoms with van der Waals surface area (Å²) >= 11 is 0. The molecule has 1 aliphatic heterocycles. The lowest BCUT2D eigenvalue weighted by molar-refractivity contribution is -0.134. The molecule has 3 atom stereocenters. The number of anilines is 1. The Morgan fingerprint density at radius 2 is 1.95 bits per heavy atom. The highest BCUT2D eigenvalue weighted by atomic mass is 32.2. The molecule has 3 aromatic rings. The molecule has 2 aromatic heterocycles. The number of amides is 1. The normalized spacial score (nSPS) is 19.0. The van der Waals surface area contributed by atoms with Gasteiger partial charge in [-0.25, -0.2) is 21.8 Å². The van der Waals surface area contributed by atoms with Crippen LogP contribution in [0.1, 0.15) is 30.9 Å². The molecule has 1 aromatic carbocycles. The topological polar surface area (TPSA) is 177 Å². The second-order valence-corrected chi connectivity index (χ2v) is 14.2. The van der Waals surface area contributed by atoms with Crippen molar-refractivity contribution in [1.82, 2.24) is 23.9 Å². The van der Waals surface area contributed by atoms with Crippen molar-refractivity contribution in [2.75, 3.05) is 31.5 Å². The van der Waals surface area contributed by atoms with Gasteiger partial charge in [0.15, 0.2) is 15.7 Å². The molecule has 0 bridgehead atoms. The van der Waals surface area contributed by atoms with Crippen LogP contribution in [0.25, 0.3) is 0 Å². The summed E-state index contributed by atoms with van der Waals surface area (Å²) in [6.45, 7) is 6.43. The molecule has 230 valence electrons. The Morgan fingerprint density at radius 3 is 2.55 bits per heavy atom. The van der Waals surface area contributed by atoms with Gasteiger partial charge in [-0.1, -0.05) is 12.1 Å². The Morgan fingerprint density at radius 1 is 1.24 bits per heavy atom. The molecule has 0 fully saturated rings. The number of rotatable bonds is 9. The molecule has 42 heavy (non-hydrogen) atoms. The minimum Gasteiger partial charge on any atom is -0.488 e. The van der Waals surface area contributed by atoms with E-state index in [1.807, 2.05) is 6.92 Å². The van der Waals surface area contributed by atoms with Crippen LogP contribution in [-0.2, 0) is 38.3 Å². The van der Waals surface area contributed by atoms with Crippen molar-refractivity contribution < 1.29 is 36.0 Å². The number of carbonyl (C=O) groups is 1. The van der Waals surface area contributed by atoms with Crippen LogP contribution in [0.4, 0.5) is 5.69 Å². The van der Waals surface area contributed by atoms with Crippen molar-refractivity contribution in [3.8, 4) is 5.75 Å². The van der Waals surface area contributed by atoms with Crippen LogP contribution in [0.2, 0.25) is 0 Å². The molecule has 3 heterocycles. The van der Waals surface area contributed by atoms with Gasteiger partial charge in [0.05, 0.1) is 31.9 Å². The molecular weight excluding hydrogens is 588 g/mol. The molecule has 16 heteroatoms. The molecule has 0 unspecified atom stereocenters. The van der Waals surface area contributed by atoms with Crippen molar-refractivity contribution in [3.63, 3.8) is 0 Å². The molecular formula is C26H36N6O8S2. The highest BCUT2D eigenvalue weighted by Crippen LogP contribution is 2.31. The lowest BCUT2D eigenvalue weighted by Gasteiger charge is -2.33. The van der Waals surface area contributed by atoms with Crippen molar-refractivity contribution in [3.05, 3.63) is 47.7 Å². The number of nitrogens with zero attached hydrogens (tertiary/aromatic N) is 5. The van der Waals surface area contributed by atoms with Crippen LogP contribution in [0.15, 0.2) is 45.2 Å². The SMILES string of the molecule is Cc1noc(C)c1S(=O)(=O)Nc1ccc2c(c1)CC(=O)N([C@@H](C)CO)C[C@@H](C)[C@H](CN(C)S(=O)(=O)c1cn(C)cn1)O2. The zero-order chi connectivity index (χ0) is 31.0. The number of likely N-dealkylation sites (N-methyl/N-ethyl adjacent to an activating group) is 1. The Kier molecular flexibility index (Phi) is 9.01. The van der Waals surface area contributed by atoms with E-state index < -0.39 is 32.2 Å². The van der Waals surface area contributed by atoms with Crippen molar-refractivity contribution >= 4 is 31.6 Å². The second-order valence-electron chi connectivity index (χ2n) is 10.6. The summed E-state index contributed by atoms with van der Waals surface area (Å²) in [6.07, 6.45) is 1.95. The lowest BCUT2D eigenvalue weighted by Crippen LogP contribution is -2.48. The number of hydrogen-bond donors (Lipinski definition) is 2. The van der Waals surface area contributed by atoms with E-state index in [0.717, 1.165) is 4.31 Å². The minimum absolute atomic E-state index is 0.0600. The third-order valence-electron chi connectivity index (χ3n) is 7.20. The molecule has 1 aliphatic rings. The fourth-order valence-electron chi connectivity index (χ4n) is 4.81. The molecule has 0 saturated carbocycles. The Balaban J connectivity index is 1.70.